The van der Waals surface area contributed by atoms with E-state index in [1.54, 1.807) is 18.3 Å². The molecule has 0 amide bonds. The van der Waals surface area contributed by atoms with Gasteiger partial charge in [-0.05, 0) is 61.5 Å². The van der Waals surface area contributed by atoms with Gasteiger partial charge in [0.05, 0.1) is 28.6 Å². The summed E-state index contributed by atoms with van der Waals surface area (Å²) in [5, 5.41) is 4.42. The van der Waals surface area contributed by atoms with Crippen LogP contribution in [0.4, 0.5) is 4.39 Å². The van der Waals surface area contributed by atoms with Gasteiger partial charge in [-0.15, -0.1) is 0 Å². The lowest BCUT2D eigenvalue weighted by Crippen LogP contribution is -1.99. The zero-order valence-electron chi connectivity index (χ0n) is 15.2. The monoisotopic (exact) mass is 368 g/mol. The summed E-state index contributed by atoms with van der Waals surface area (Å²) in [6.07, 6.45) is 3.59. The molecule has 0 aliphatic heterocycles. The number of nitrogens with zero attached hydrogens (tertiary/aromatic N) is 4. The first-order valence-corrected chi connectivity index (χ1v) is 9.03. The molecule has 0 saturated carbocycles. The Hall–Kier alpha value is -3.73. The van der Waals surface area contributed by atoms with Crippen molar-refractivity contribution in [2.45, 2.75) is 6.92 Å². The van der Waals surface area contributed by atoms with Crippen LogP contribution in [0.15, 0.2) is 85.3 Å². The van der Waals surface area contributed by atoms with Crippen LogP contribution < -0.4 is 0 Å². The summed E-state index contributed by atoms with van der Waals surface area (Å²) in [5.41, 5.74) is 7.00. The van der Waals surface area contributed by atoms with Gasteiger partial charge in [-0.1, -0.05) is 23.8 Å². The maximum Gasteiger partial charge on any atom is 0.123 e. The lowest BCUT2D eigenvalue weighted by Gasteiger charge is -2.09. The van der Waals surface area contributed by atoms with E-state index in [4.69, 9.17) is 0 Å². The van der Waals surface area contributed by atoms with Crippen molar-refractivity contribution in [2.75, 3.05) is 0 Å². The second-order valence-electron chi connectivity index (χ2n) is 6.76. The Balaban J connectivity index is 1.63. The van der Waals surface area contributed by atoms with Gasteiger partial charge in [0.1, 0.15) is 12.1 Å². The van der Waals surface area contributed by atoms with E-state index in [0.717, 1.165) is 33.7 Å². The molecule has 0 radical (unpaired) electrons. The topological polar surface area (TPSA) is 35.6 Å². The Morgan fingerprint density at radius 3 is 2.36 bits per heavy atom. The van der Waals surface area contributed by atoms with Crippen molar-refractivity contribution in [2.24, 2.45) is 0 Å². The van der Waals surface area contributed by atoms with Gasteiger partial charge in [-0.25, -0.2) is 14.1 Å². The van der Waals surface area contributed by atoms with Crippen molar-refractivity contribution >= 4 is 11.0 Å². The number of imidazole rings is 1. The van der Waals surface area contributed by atoms with Crippen molar-refractivity contribution in [1.82, 2.24) is 19.3 Å². The predicted molar refractivity (Wildman–Crippen MR) is 108 cm³/mol. The standard InChI is InChI=1S/C23H17FN4/c1-16-2-7-19(8-3-16)27-15-25-21-11-4-17(14-23(21)27)22-12-13-26-28(22)20-9-5-18(24)6-10-20/h2-15H,1H3. The molecule has 3 aromatic carbocycles. The van der Waals surface area contributed by atoms with E-state index >= 15 is 0 Å². The second-order valence-corrected chi connectivity index (χ2v) is 6.76. The van der Waals surface area contributed by atoms with E-state index < -0.39 is 0 Å². The minimum atomic E-state index is -0.263. The van der Waals surface area contributed by atoms with Crippen LogP contribution in [-0.2, 0) is 0 Å². The van der Waals surface area contributed by atoms with Gasteiger partial charge in [0.15, 0.2) is 0 Å². The number of rotatable bonds is 3. The molecule has 0 saturated heterocycles. The van der Waals surface area contributed by atoms with Gasteiger partial charge in [0, 0.05) is 11.3 Å². The molecule has 0 fully saturated rings. The second kappa shape index (κ2) is 6.46. The molecular weight excluding hydrogens is 351 g/mol. The summed E-state index contributed by atoms with van der Waals surface area (Å²) >= 11 is 0. The minimum Gasteiger partial charge on any atom is -0.299 e. The van der Waals surface area contributed by atoms with Gasteiger partial charge in [0.2, 0.25) is 0 Å². The van der Waals surface area contributed by atoms with Crippen LogP contribution in [0.1, 0.15) is 5.56 Å². The molecule has 0 spiro atoms. The van der Waals surface area contributed by atoms with Crippen molar-refractivity contribution < 1.29 is 4.39 Å². The third-order valence-electron chi connectivity index (χ3n) is 4.87. The molecule has 5 rings (SSSR count). The first-order chi connectivity index (χ1) is 13.7. The highest BCUT2D eigenvalue weighted by atomic mass is 19.1. The number of aryl methyl sites for hydroxylation is 1. The number of hydrogen-bond acceptors (Lipinski definition) is 2. The fraction of sp³-hybridized carbons (Fsp3) is 0.0435. The van der Waals surface area contributed by atoms with Crippen LogP contribution in [0.5, 0.6) is 0 Å². The number of benzene rings is 3. The van der Waals surface area contributed by atoms with Crippen molar-refractivity contribution in [3.8, 4) is 22.6 Å². The minimum absolute atomic E-state index is 0.263. The maximum atomic E-state index is 13.3. The number of fused-ring (bicyclic) bond motifs is 1. The third kappa shape index (κ3) is 2.77. The highest BCUT2D eigenvalue weighted by molar-refractivity contribution is 5.83. The molecular formula is C23H17FN4. The van der Waals surface area contributed by atoms with Gasteiger partial charge >= 0.3 is 0 Å². The fourth-order valence-electron chi connectivity index (χ4n) is 3.39. The summed E-state index contributed by atoms with van der Waals surface area (Å²) in [7, 11) is 0. The molecule has 0 aliphatic carbocycles. The van der Waals surface area contributed by atoms with Crippen molar-refractivity contribution in [1.29, 1.82) is 0 Å². The van der Waals surface area contributed by atoms with E-state index in [1.165, 1.54) is 17.7 Å². The van der Waals surface area contributed by atoms with Crippen molar-refractivity contribution in [3.05, 3.63) is 96.7 Å². The lowest BCUT2D eigenvalue weighted by atomic mass is 10.1. The molecule has 28 heavy (non-hydrogen) atoms. The molecule has 2 aromatic heterocycles. The number of hydrogen-bond donors (Lipinski definition) is 0. The van der Waals surface area contributed by atoms with E-state index in [-0.39, 0.29) is 5.82 Å². The zero-order chi connectivity index (χ0) is 19.1. The van der Waals surface area contributed by atoms with E-state index in [9.17, 15) is 4.39 Å². The van der Waals surface area contributed by atoms with E-state index in [1.807, 2.05) is 29.2 Å². The molecule has 0 atom stereocenters. The Labute approximate surface area is 161 Å². The summed E-state index contributed by atoms with van der Waals surface area (Å²) in [4.78, 5) is 4.53. The molecule has 4 nitrogen and oxygen atoms in total. The highest BCUT2D eigenvalue weighted by Crippen LogP contribution is 2.27. The number of aromatic nitrogens is 4. The third-order valence-corrected chi connectivity index (χ3v) is 4.87. The van der Waals surface area contributed by atoms with E-state index in [2.05, 4.69) is 51.9 Å². The predicted octanol–water partition coefficient (Wildman–Crippen LogP) is 5.33. The molecule has 0 N–H and O–H groups in total. The highest BCUT2D eigenvalue weighted by Gasteiger charge is 2.11. The summed E-state index contributed by atoms with van der Waals surface area (Å²) < 4.78 is 17.2. The van der Waals surface area contributed by atoms with Gasteiger partial charge in [-0.2, -0.15) is 5.10 Å². The first-order valence-electron chi connectivity index (χ1n) is 9.03. The van der Waals surface area contributed by atoms with Crippen LogP contribution in [0.2, 0.25) is 0 Å². The summed E-state index contributed by atoms with van der Waals surface area (Å²) in [5.74, 6) is -0.263. The Morgan fingerprint density at radius 1 is 0.821 bits per heavy atom. The fourth-order valence-corrected chi connectivity index (χ4v) is 3.39. The maximum absolute atomic E-state index is 13.3. The van der Waals surface area contributed by atoms with Crippen LogP contribution in [0.3, 0.4) is 0 Å². The largest absolute Gasteiger partial charge is 0.299 e. The van der Waals surface area contributed by atoms with Crippen molar-refractivity contribution in [3.63, 3.8) is 0 Å². The molecule has 5 heteroatoms. The average Bonchev–Trinajstić information content (AvgIpc) is 3.36. The van der Waals surface area contributed by atoms with Crippen LogP contribution in [0, 0.1) is 12.7 Å². The summed E-state index contributed by atoms with van der Waals surface area (Å²) in [6, 6.07) is 22.8. The first kappa shape index (κ1) is 16.4. The van der Waals surface area contributed by atoms with Crippen LogP contribution >= 0.6 is 0 Å². The molecule has 5 aromatic rings. The molecule has 0 aliphatic rings. The average molecular weight is 368 g/mol. The molecule has 0 unspecified atom stereocenters. The normalized spacial score (nSPS) is 11.2. The Bertz CT molecular complexity index is 1260. The van der Waals surface area contributed by atoms with Crippen LogP contribution in [-0.4, -0.2) is 19.3 Å². The SMILES string of the molecule is Cc1ccc(-n2cnc3ccc(-c4ccnn4-c4ccc(F)cc4)cc32)cc1. The zero-order valence-corrected chi connectivity index (χ0v) is 15.2. The lowest BCUT2D eigenvalue weighted by molar-refractivity contribution is 0.627. The van der Waals surface area contributed by atoms with Crippen LogP contribution in [0.25, 0.3) is 33.7 Å². The Morgan fingerprint density at radius 2 is 1.57 bits per heavy atom. The van der Waals surface area contributed by atoms with E-state index in [0.29, 0.717) is 0 Å². The molecule has 0 bridgehead atoms. The molecule has 136 valence electrons. The van der Waals surface area contributed by atoms with Gasteiger partial charge < -0.3 is 0 Å². The Kier molecular flexibility index (Phi) is 3.79. The smallest absolute Gasteiger partial charge is 0.123 e. The number of halogens is 1. The molecule has 2 heterocycles. The van der Waals surface area contributed by atoms with Gasteiger partial charge in [0.25, 0.3) is 0 Å². The quantitative estimate of drug-likeness (QED) is 0.432. The summed E-state index contributed by atoms with van der Waals surface area (Å²) in [6.45, 7) is 2.07. The van der Waals surface area contributed by atoms with Gasteiger partial charge in [-0.3, -0.25) is 4.57 Å².